The molecule has 0 spiro atoms. The number of sulfonamides is 1. The van der Waals surface area contributed by atoms with Gasteiger partial charge in [-0.25, -0.2) is 17.7 Å². The van der Waals surface area contributed by atoms with Crippen molar-refractivity contribution in [2.24, 2.45) is 0 Å². The van der Waals surface area contributed by atoms with E-state index in [9.17, 15) is 13.2 Å². The molecule has 8 nitrogen and oxygen atoms in total. The highest BCUT2D eigenvalue weighted by Crippen LogP contribution is 2.33. The predicted octanol–water partition coefficient (Wildman–Crippen LogP) is 4.67. The van der Waals surface area contributed by atoms with E-state index in [0.29, 0.717) is 28.8 Å². The van der Waals surface area contributed by atoms with Gasteiger partial charge in [-0.15, -0.1) is 0 Å². The SMILES string of the molecule is Cc1cc(C)n(CCN(C(=O)c2ccc(S(=O)(=O)N(C)C)cc2)c2nc3c(C)cc(Cl)cc3s2)n1. The molecule has 4 aromatic rings. The number of nitrogens with zero attached hydrogens (tertiary/aromatic N) is 5. The molecule has 0 unspecified atom stereocenters. The van der Waals surface area contributed by atoms with E-state index in [1.807, 2.05) is 43.7 Å². The van der Waals surface area contributed by atoms with Gasteiger partial charge in [0, 0.05) is 36.9 Å². The Labute approximate surface area is 213 Å². The minimum absolute atomic E-state index is 0.124. The van der Waals surface area contributed by atoms with E-state index in [0.717, 1.165) is 31.5 Å². The number of anilines is 1. The number of aromatic nitrogens is 3. The molecule has 0 bridgehead atoms. The fourth-order valence-corrected chi connectivity index (χ4v) is 6.12. The molecule has 0 fully saturated rings. The van der Waals surface area contributed by atoms with E-state index >= 15 is 0 Å². The first-order chi connectivity index (χ1) is 16.5. The van der Waals surface area contributed by atoms with Crippen LogP contribution in [-0.2, 0) is 16.6 Å². The maximum Gasteiger partial charge on any atom is 0.260 e. The van der Waals surface area contributed by atoms with Crippen LogP contribution in [0, 0.1) is 20.8 Å². The number of carbonyl (C=O) groups excluding carboxylic acids is 1. The molecule has 0 aliphatic rings. The molecule has 0 saturated heterocycles. The summed E-state index contributed by atoms with van der Waals surface area (Å²) < 4.78 is 28.7. The molecule has 1 amide bonds. The van der Waals surface area contributed by atoms with Crippen molar-refractivity contribution >= 4 is 54.2 Å². The summed E-state index contributed by atoms with van der Waals surface area (Å²) in [5.74, 6) is -0.275. The molecule has 2 aromatic carbocycles. The van der Waals surface area contributed by atoms with E-state index in [-0.39, 0.29) is 10.8 Å². The molecule has 0 radical (unpaired) electrons. The summed E-state index contributed by atoms with van der Waals surface area (Å²) in [6.45, 7) is 6.65. The molecule has 4 rings (SSSR count). The molecular formula is C24H26ClN5O3S2. The smallest absolute Gasteiger partial charge is 0.260 e. The second kappa shape index (κ2) is 9.69. The van der Waals surface area contributed by atoms with Crippen LogP contribution in [0.2, 0.25) is 5.02 Å². The fraction of sp³-hybridized carbons (Fsp3) is 0.292. The van der Waals surface area contributed by atoms with Gasteiger partial charge in [0.2, 0.25) is 10.0 Å². The lowest BCUT2D eigenvalue weighted by Crippen LogP contribution is -2.34. The largest absolute Gasteiger partial charge is 0.282 e. The Morgan fingerprint density at radius 3 is 2.37 bits per heavy atom. The standard InChI is InChI=1S/C24H26ClN5O3S2/c1-15-12-19(25)14-21-22(15)26-24(34-21)29(10-11-30-17(3)13-16(2)27-30)23(31)18-6-8-20(9-7-18)35(32,33)28(4)5/h6-9,12-14H,10-11H2,1-5H3. The lowest BCUT2D eigenvalue weighted by atomic mass is 10.2. The van der Waals surface area contributed by atoms with Gasteiger partial charge in [0.05, 0.1) is 27.4 Å². The normalized spacial score (nSPS) is 12.0. The monoisotopic (exact) mass is 531 g/mol. The van der Waals surface area contributed by atoms with E-state index in [1.54, 1.807) is 4.90 Å². The lowest BCUT2D eigenvalue weighted by molar-refractivity contribution is 0.0985. The van der Waals surface area contributed by atoms with Gasteiger partial charge in [0.1, 0.15) is 0 Å². The van der Waals surface area contributed by atoms with Gasteiger partial charge in [-0.3, -0.25) is 14.4 Å². The van der Waals surface area contributed by atoms with Crippen LogP contribution < -0.4 is 4.90 Å². The molecule has 35 heavy (non-hydrogen) atoms. The Kier molecular flexibility index (Phi) is 7.01. The third-order valence-corrected chi connectivity index (χ3v) is 8.71. The van der Waals surface area contributed by atoms with Crippen molar-refractivity contribution in [3.8, 4) is 0 Å². The number of fused-ring (bicyclic) bond motifs is 1. The number of benzene rings is 2. The Hall–Kier alpha value is -2.79. The maximum absolute atomic E-state index is 13.7. The summed E-state index contributed by atoms with van der Waals surface area (Å²) in [5.41, 5.74) is 4.00. The summed E-state index contributed by atoms with van der Waals surface area (Å²) in [5, 5.41) is 5.66. The van der Waals surface area contributed by atoms with Crippen molar-refractivity contribution in [3.05, 3.63) is 70.0 Å². The molecule has 0 aliphatic carbocycles. The Balaban J connectivity index is 1.71. The van der Waals surface area contributed by atoms with E-state index < -0.39 is 10.0 Å². The van der Waals surface area contributed by atoms with Crippen molar-refractivity contribution in [1.82, 2.24) is 19.1 Å². The predicted molar refractivity (Wildman–Crippen MR) is 140 cm³/mol. The number of hydrogen-bond donors (Lipinski definition) is 0. The van der Waals surface area contributed by atoms with Crippen molar-refractivity contribution in [3.63, 3.8) is 0 Å². The zero-order valence-corrected chi connectivity index (χ0v) is 22.5. The highest BCUT2D eigenvalue weighted by Gasteiger charge is 2.24. The topological polar surface area (TPSA) is 88.4 Å². The molecule has 184 valence electrons. The highest BCUT2D eigenvalue weighted by molar-refractivity contribution is 7.89. The minimum Gasteiger partial charge on any atom is -0.282 e. The molecule has 2 aromatic heterocycles. The summed E-state index contributed by atoms with van der Waals surface area (Å²) >= 11 is 7.63. The van der Waals surface area contributed by atoms with Gasteiger partial charge >= 0.3 is 0 Å². The molecule has 0 N–H and O–H groups in total. The van der Waals surface area contributed by atoms with Gasteiger partial charge in [-0.2, -0.15) is 5.10 Å². The van der Waals surface area contributed by atoms with Crippen molar-refractivity contribution in [1.29, 1.82) is 0 Å². The van der Waals surface area contributed by atoms with E-state index in [4.69, 9.17) is 16.6 Å². The Bertz CT molecular complexity index is 1510. The Morgan fingerprint density at radius 1 is 1.09 bits per heavy atom. The number of amides is 1. The molecule has 11 heteroatoms. The third-order valence-electron chi connectivity index (χ3n) is 5.63. The molecule has 2 heterocycles. The van der Waals surface area contributed by atoms with Crippen molar-refractivity contribution in [2.75, 3.05) is 25.5 Å². The first kappa shape index (κ1) is 25.3. The van der Waals surface area contributed by atoms with Crippen LogP contribution >= 0.6 is 22.9 Å². The summed E-state index contributed by atoms with van der Waals surface area (Å²) in [6.07, 6.45) is 0. The fourth-order valence-electron chi connectivity index (χ4n) is 3.77. The number of hydrogen-bond acceptors (Lipinski definition) is 6. The zero-order chi connectivity index (χ0) is 25.5. The summed E-state index contributed by atoms with van der Waals surface area (Å²) in [6, 6.07) is 11.6. The molecule has 0 aliphatic heterocycles. The maximum atomic E-state index is 13.7. The van der Waals surface area contributed by atoms with Crippen molar-refractivity contribution < 1.29 is 13.2 Å². The second-order valence-corrected chi connectivity index (χ2v) is 12.1. The van der Waals surface area contributed by atoms with E-state index in [1.165, 1.54) is 49.7 Å². The van der Waals surface area contributed by atoms with Gasteiger partial charge < -0.3 is 0 Å². The average Bonchev–Trinajstić information content (AvgIpc) is 3.36. The number of halogens is 1. The third kappa shape index (κ3) is 5.11. The number of carbonyl (C=O) groups is 1. The van der Waals surface area contributed by atoms with Crippen LogP contribution in [0.4, 0.5) is 5.13 Å². The zero-order valence-electron chi connectivity index (χ0n) is 20.1. The number of rotatable bonds is 7. The van der Waals surface area contributed by atoms with Crippen LogP contribution in [0.5, 0.6) is 0 Å². The number of thiazole rings is 1. The first-order valence-electron chi connectivity index (χ1n) is 10.9. The lowest BCUT2D eigenvalue weighted by Gasteiger charge is -2.21. The van der Waals surface area contributed by atoms with Crippen LogP contribution in [0.25, 0.3) is 10.2 Å². The Morgan fingerprint density at radius 2 is 1.77 bits per heavy atom. The van der Waals surface area contributed by atoms with Crippen LogP contribution in [0.1, 0.15) is 27.3 Å². The van der Waals surface area contributed by atoms with Gasteiger partial charge in [-0.1, -0.05) is 22.9 Å². The quantitative estimate of drug-likeness (QED) is 0.346. The molecular weight excluding hydrogens is 506 g/mol. The van der Waals surface area contributed by atoms with Crippen LogP contribution in [0.3, 0.4) is 0 Å². The van der Waals surface area contributed by atoms with E-state index in [2.05, 4.69) is 5.10 Å². The average molecular weight is 532 g/mol. The van der Waals surface area contributed by atoms with Gasteiger partial charge in [0.15, 0.2) is 5.13 Å². The minimum atomic E-state index is -3.59. The second-order valence-electron chi connectivity index (χ2n) is 8.48. The summed E-state index contributed by atoms with van der Waals surface area (Å²) in [7, 11) is -0.655. The van der Waals surface area contributed by atoms with Crippen LogP contribution in [0.15, 0.2) is 47.4 Å². The van der Waals surface area contributed by atoms with Crippen molar-refractivity contribution in [2.45, 2.75) is 32.2 Å². The number of aryl methyl sites for hydroxylation is 3. The van der Waals surface area contributed by atoms with Gasteiger partial charge in [0.25, 0.3) is 5.91 Å². The summed E-state index contributed by atoms with van der Waals surface area (Å²) in [4.78, 5) is 20.1. The molecule has 0 saturated carbocycles. The first-order valence-corrected chi connectivity index (χ1v) is 13.5. The highest BCUT2D eigenvalue weighted by atomic mass is 35.5. The van der Waals surface area contributed by atoms with Gasteiger partial charge in [-0.05, 0) is 68.8 Å². The molecule has 0 atom stereocenters. The van der Waals surface area contributed by atoms with Crippen LogP contribution in [-0.4, -0.2) is 54.0 Å².